The first kappa shape index (κ1) is 33.4. The van der Waals surface area contributed by atoms with Gasteiger partial charge in [0.2, 0.25) is 11.8 Å². The fourth-order valence-electron chi connectivity index (χ4n) is 5.41. The molecule has 1 amide bonds. The quantitative estimate of drug-likeness (QED) is 0.104. The van der Waals surface area contributed by atoms with E-state index in [9.17, 15) is 9.18 Å². The van der Waals surface area contributed by atoms with Crippen LogP contribution in [0.25, 0.3) is 22.5 Å². The van der Waals surface area contributed by atoms with Crippen molar-refractivity contribution in [2.75, 3.05) is 39.3 Å². The van der Waals surface area contributed by atoms with E-state index in [-0.39, 0.29) is 18.6 Å². The number of hydrogen-bond acceptors (Lipinski definition) is 8. The minimum atomic E-state index is -0.360. The van der Waals surface area contributed by atoms with Crippen LogP contribution in [0.15, 0.2) is 60.8 Å². The lowest BCUT2D eigenvalue weighted by Crippen LogP contribution is -2.35. The van der Waals surface area contributed by atoms with Crippen molar-refractivity contribution < 1.29 is 18.7 Å². The number of benzene rings is 2. The highest BCUT2D eigenvalue weighted by atomic mass is 35.5. The van der Waals surface area contributed by atoms with Gasteiger partial charge in [0.25, 0.3) is 0 Å². The van der Waals surface area contributed by atoms with Crippen LogP contribution in [0.5, 0.6) is 11.6 Å². The number of pyridine rings is 2. The number of amides is 1. The predicted octanol–water partition coefficient (Wildman–Crippen LogP) is 6.70. The summed E-state index contributed by atoms with van der Waals surface area (Å²) in [5.41, 5.74) is 5.67. The summed E-state index contributed by atoms with van der Waals surface area (Å²) in [5.74, 6) is 1.24. The first-order chi connectivity index (χ1) is 22.4. The number of halogens is 3. The van der Waals surface area contributed by atoms with Gasteiger partial charge in [-0.1, -0.05) is 53.5 Å². The monoisotopic (exact) mass is 666 g/mol. The zero-order chi connectivity index (χ0) is 32.5. The fraction of sp³-hybridized carbons (Fsp3) is 0.324. The Bertz CT molecular complexity index is 1670. The average molecular weight is 668 g/mol. The van der Waals surface area contributed by atoms with E-state index >= 15 is 0 Å². The maximum Gasteiger partial charge on any atom is 0.220 e. The van der Waals surface area contributed by atoms with Crippen LogP contribution < -0.4 is 30.7 Å². The standard InChI is InChI=1S/C34H37Cl2FN6O3/c1-45-33-21(18-38-16-5-15-37)6-3-9-28(33)42-27-8-4-7-25(30(27)35)32-31(36)24(14-17-40-32)26-12-10-22(34(43-26)46-2)19-39-20-23-11-13-29(44)41-23/h3-4,6-10,12,14,17,23,38-39,42H,5,11,13,15-16,18-20H2,1-2H3,(H,41,44). The second-order valence-electron chi connectivity index (χ2n) is 10.8. The van der Waals surface area contributed by atoms with Gasteiger partial charge in [0, 0.05) is 60.5 Å². The minimum Gasteiger partial charge on any atom is -0.494 e. The second kappa shape index (κ2) is 16.0. The van der Waals surface area contributed by atoms with Gasteiger partial charge in [-0.3, -0.25) is 14.2 Å². The third-order valence-electron chi connectivity index (χ3n) is 7.72. The zero-order valence-electron chi connectivity index (χ0n) is 25.8. The van der Waals surface area contributed by atoms with Crippen LogP contribution in [-0.4, -0.2) is 55.9 Å². The number of hydrogen-bond donors (Lipinski definition) is 4. The number of methoxy groups -OCH3 is 2. The number of alkyl halides is 1. The number of rotatable bonds is 15. The molecule has 1 saturated heterocycles. The molecule has 4 N–H and O–H groups in total. The van der Waals surface area contributed by atoms with Crippen molar-refractivity contribution in [3.05, 3.63) is 82.0 Å². The first-order valence-corrected chi connectivity index (χ1v) is 15.9. The lowest BCUT2D eigenvalue weighted by Gasteiger charge is -2.18. The summed E-state index contributed by atoms with van der Waals surface area (Å²) in [6, 6.07) is 17.2. The Kier molecular flexibility index (Phi) is 11.7. The molecule has 5 rings (SSSR count). The molecule has 0 radical (unpaired) electrons. The van der Waals surface area contributed by atoms with E-state index in [1.165, 1.54) is 0 Å². The molecule has 0 spiro atoms. The maximum atomic E-state index is 12.5. The summed E-state index contributed by atoms with van der Waals surface area (Å²) in [6.45, 7) is 1.96. The van der Waals surface area contributed by atoms with Crippen LogP contribution in [0, 0.1) is 0 Å². The van der Waals surface area contributed by atoms with Gasteiger partial charge >= 0.3 is 0 Å². The van der Waals surface area contributed by atoms with E-state index in [0.717, 1.165) is 23.2 Å². The van der Waals surface area contributed by atoms with Gasteiger partial charge in [0.05, 0.1) is 53.7 Å². The van der Waals surface area contributed by atoms with Crippen molar-refractivity contribution in [1.29, 1.82) is 0 Å². The van der Waals surface area contributed by atoms with Crippen molar-refractivity contribution in [3.8, 4) is 34.1 Å². The lowest BCUT2D eigenvalue weighted by molar-refractivity contribution is -0.119. The highest BCUT2D eigenvalue weighted by Crippen LogP contribution is 2.42. The summed E-state index contributed by atoms with van der Waals surface area (Å²) >= 11 is 14.0. The van der Waals surface area contributed by atoms with Crippen molar-refractivity contribution in [2.24, 2.45) is 0 Å². The van der Waals surface area contributed by atoms with E-state index in [1.54, 1.807) is 20.4 Å². The Morgan fingerprint density at radius 2 is 1.74 bits per heavy atom. The Morgan fingerprint density at radius 1 is 0.935 bits per heavy atom. The molecule has 1 fully saturated rings. The number of nitrogens with one attached hydrogen (secondary N) is 4. The number of aromatic nitrogens is 2. The van der Waals surface area contributed by atoms with Gasteiger partial charge in [-0.15, -0.1) is 0 Å². The largest absolute Gasteiger partial charge is 0.494 e. The Morgan fingerprint density at radius 3 is 2.50 bits per heavy atom. The first-order valence-electron chi connectivity index (χ1n) is 15.1. The highest BCUT2D eigenvalue weighted by molar-refractivity contribution is 6.39. The zero-order valence-corrected chi connectivity index (χ0v) is 27.3. The molecule has 2 aromatic heterocycles. The molecule has 242 valence electrons. The van der Waals surface area contributed by atoms with Crippen molar-refractivity contribution in [3.63, 3.8) is 0 Å². The summed E-state index contributed by atoms with van der Waals surface area (Å²) < 4.78 is 23.9. The molecule has 3 heterocycles. The van der Waals surface area contributed by atoms with E-state index in [2.05, 4.69) is 26.3 Å². The fourth-order valence-corrected chi connectivity index (χ4v) is 5.98. The Labute approximate surface area is 278 Å². The third-order valence-corrected chi connectivity index (χ3v) is 8.51. The Hall–Kier alpha value is -3.96. The van der Waals surface area contributed by atoms with Crippen molar-refractivity contribution in [2.45, 2.75) is 38.4 Å². The molecular weight excluding hydrogens is 630 g/mol. The number of carbonyl (C=O) groups is 1. The van der Waals surface area contributed by atoms with Crippen LogP contribution >= 0.6 is 23.2 Å². The second-order valence-corrected chi connectivity index (χ2v) is 11.6. The SMILES string of the molecule is COc1nc(-c2ccnc(-c3cccc(Nc4cccc(CNCCCF)c4OC)c3Cl)c2Cl)ccc1CNCC1CCC(=O)N1. The number of anilines is 2. The lowest BCUT2D eigenvalue weighted by atomic mass is 10.0. The highest BCUT2D eigenvalue weighted by Gasteiger charge is 2.21. The van der Waals surface area contributed by atoms with E-state index in [4.69, 9.17) is 37.7 Å². The van der Waals surface area contributed by atoms with E-state index in [0.29, 0.717) is 88.9 Å². The number of nitrogens with zero attached hydrogens (tertiary/aromatic N) is 2. The summed E-state index contributed by atoms with van der Waals surface area (Å²) in [7, 11) is 3.20. The molecule has 2 aromatic carbocycles. The van der Waals surface area contributed by atoms with E-state index < -0.39 is 0 Å². The molecule has 46 heavy (non-hydrogen) atoms. The topological polar surface area (TPSA) is 109 Å². The minimum absolute atomic E-state index is 0.0926. The molecule has 1 aliphatic rings. The van der Waals surface area contributed by atoms with Gasteiger partial charge in [-0.25, -0.2) is 4.98 Å². The normalized spacial score (nSPS) is 14.3. The van der Waals surface area contributed by atoms with Crippen LogP contribution in [0.4, 0.5) is 15.8 Å². The van der Waals surface area contributed by atoms with Gasteiger partial charge < -0.3 is 30.7 Å². The smallest absolute Gasteiger partial charge is 0.220 e. The maximum absolute atomic E-state index is 12.5. The summed E-state index contributed by atoms with van der Waals surface area (Å²) in [6.07, 6.45) is 3.52. The van der Waals surface area contributed by atoms with Crippen LogP contribution in [0.3, 0.4) is 0 Å². The van der Waals surface area contributed by atoms with Gasteiger partial charge in [0.15, 0.2) is 0 Å². The van der Waals surface area contributed by atoms with Crippen LogP contribution in [0.1, 0.15) is 30.4 Å². The number of carbonyl (C=O) groups excluding carboxylic acids is 1. The van der Waals surface area contributed by atoms with Gasteiger partial charge in [0.1, 0.15) is 5.75 Å². The third kappa shape index (κ3) is 7.87. The molecule has 1 aliphatic heterocycles. The molecule has 1 atom stereocenters. The van der Waals surface area contributed by atoms with Crippen molar-refractivity contribution >= 4 is 40.5 Å². The average Bonchev–Trinajstić information content (AvgIpc) is 3.49. The van der Waals surface area contributed by atoms with Gasteiger partial charge in [-0.05, 0) is 43.7 Å². The van der Waals surface area contributed by atoms with Crippen molar-refractivity contribution in [1.82, 2.24) is 25.9 Å². The number of para-hydroxylation sites is 1. The molecule has 0 saturated carbocycles. The van der Waals surface area contributed by atoms with Crippen LogP contribution in [-0.2, 0) is 17.9 Å². The molecule has 0 aliphatic carbocycles. The molecular formula is C34H37Cl2FN6O3. The molecule has 1 unspecified atom stereocenters. The summed E-state index contributed by atoms with van der Waals surface area (Å²) in [4.78, 5) is 20.8. The van der Waals surface area contributed by atoms with E-state index in [1.807, 2.05) is 54.6 Å². The Balaban J connectivity index is 1.36. The number of ether oxygens (including phenoxy) is 2. The molecule has 4 aromatic rings. The molecule has 12 heteroatoms. The molecule has 0 bridgehead atoms. The predicted molar refractivity (Wildman–Crippen MR) is 181 cm³/mol. The molecule has 9 nitrogen and oxygen atoms in total. The van der Waals surface area contributed by atoms with Crippen LogP contribution in [0.2, 0.25) is 10.0 Å². The van der Waals surface area contributed by atoms with Gasteiger partial charge in [-0.2, -0.15) is 0 Å². The summed E-state index contributed by atoms with van der Waals surface area (Å²) in [5, 5.41) is 13.8.